The predicted molar refractivity (Wildman–Crippen MR) is 34.2 cm³/mol. The number of hydrogen-bond donors (Lipinski definition) is 0. The molecule has 0 saturated carbocycles. The summed E-state index contributed by atoms with van der Waals surface area (Å²) in [6, 6.07) is 0. The van der Waals surface area contributed by atoms with E-state index in [0.29, 0.717) is 0 Å². The molecule has 0 spiro atoms. The fourth-order valence-corrected chi connectivity index (χ4v) is 0.686. The molecule has 1 rings (SSSR count). The van der Waals surface area contributed by atoms with Gasteiger partial charge in [0.15, 0.2) is 5.82 Å². The van der Waals surface area contributed by atoms with Gasteiger partial charge in [0.1, 0.15) is 6.10 Å². The zero-order chi connectivity index (χ0) is 7.56. The van der Waals surface area contributed by atoms with E-state index in [1.54, 1.807) is 18.8 Å². The van der Waals surface area contributed by atoms with Gasteiger partial charge in [0, 0.05) is 14.2 Å². The lowest BCUT2D eigenvalue weighted by atomic mass is 10.4. The SMILES string of the molecule is COC(C)c1nnnn1C. The summed E-state index contributed by atoms with van der Waals surface area (Å²) in [4.78, 5) is 0. The first kappa shape index (κ1) is 7.14. The lowest BCUT2D eigenvalue weighted by Gasteiger charge is -2.04. The highest BCUT2D eigenvalue weighted by molar-refractivity contribution is 4.83. The summed E-state index contributed by atoms with van der Waals surface area (Å²) in [6.45, 7) is 1.89. The lowest BCUT2D eigenvalue weighted by molar-refractivity contribution is 0.108. The summed E-state index contributed by atoms with van der Waals surface area (Å²) in [5, 5.41) is 10.9. The van der Waals surface area contributed by atoms with Crippen LogP contribution in [0.4, 0.5) is 0 Å². The molecular formula is C5H10N4O. The average Bonchev–Trinajstić information content (AvgIpc) is 2.34. The third kappa shape index (κ3) is 1.13. The molecule has 1 aromatic rings. The Morgan fingerprint density at radius 1 is 1.60 bits per heavy atom. The van der Waals surface area contributed by atoms with E-state index in [2.05, 4.69) is 15.5 Å². The van der Waals surface area contributed by atoms with Crippen LogP contribution >= 0.6 is 0 Å². The van der Waals surface area contributed by atoms with Gasteiger partial charge >= 0.3 is 0 Å². The smallest absolute Gasteiger partial charge is 0.179 e. The molecule has 0 saturated heterocycles. The first-order chi connectivity index (χ1) is 4.75. The van der Waals surface area contributed by atoms with Crippen LogP contribution in [0, 0.1) is 0 Å². The van der Waals surface area contributed by atoms with Gasteiger partial charge in [-0.3, -0.25) is 0 Å². The second-order valence-corrected chi connectivity index (χ2v) is 2.04. The highest BCUT2D eigenvalue weighted by Crippen LogP contribution is 2.08. The van der Waals surface area contributed by atoms with Crippen LogP contribution in [0.15, 0.2) is 0 Å². The average molecular weight is 142 g/mol. The van der Waals surface area contributed by atoms with Crippen LogP contribution in [0.2, 0.25) is 0 Å². The Morgan fingerprint density at radius 2 is 2.30 bits per heavy atom. The Bertz CT molecular complexity index is 209. The van der Waals surface area contributed by atoms with E-state index in [-0.39, 0.29) is 6.10 Å². The van der Waals surface area contributed by atoms with E-state index in [9.17, 15) is 0 Å². The second kappa shape index (κ2) is 2.74. The molecule has 0 aliphatic carbocycles. The van der Waals surface area contributed by atoms with Crippen molar-refractivity contribution >= 4 is 0 Å². The van der Waals surface area contributed by atoms with Gasteiger partial charge in [-0.2, -0.15) is 0 Å². The van der Waals surface area contributed by atoms with Crippen molar-refractivity contribution in [2.45, 2.75) is 13.0 Å². The molecule has 1 atom stereocenters. The van der Waals surface area contributed by atoms with Crippen molar-refractivity contribution in [3.63, 3.8) is 0 Å². The monoisotopic (exact) mass is 142 g/mol. The molecule has 56 valence electrons. The van der Waals surface area contributed by atoms with Gasteiger partial charge in [-0.05, 0) is 17.4 Å². The van der Waals surface area contributed by atoms with Gasteiger partial charge in [-0.25, -0.2) is 4.68 Å². The van der Waals surface area contributed by atoms with Crippen molar-refractivity contribution in [3.8, 4) is 0 Å². The molecule has 0 bridgehead atoms. The first-order valence-corrected chi connectivity index (χ1v) is 3.00. The maximum Gasteiger partial charge on any atom is 0.179 e. The number of rotatable bonds is 2. The predicted octanol–water partition coefficient (Wildman–Crippen LogP) is -0.0825. The van der Waals surface area contributed by atoms with E-state index >= 15 is 0 Å². The molecule has 5 nitrogen and oxygen atoms in total. The molecule has 0 amide bonds. The topological polar surface area (TPSA) is 52.8 Å². The zero-order valence-corrected chi connectivity index (χ0v) is 6.27. The molecule has 1 aromatic heterocycles. The van der Waals surface area contributed by atoms with Crippen LogP contribution in [0.3, 0.4) is 0 Å². The Morgan fingerprint density at radius 3 is 2.70 bits per heavy atom. The number of hydrogen-bond acceptors (Lipinski definition) is 4. The molecular weight excluding hydrogens is 132 g/mol. The lowest BCUT2D eigenvalue weighted by Crippen LogP contribution is -2.05. The van der Waals surface area contributed by atoms with Gasteiger partial charge in [-0.15, -0.1) is 5.10 Å². The number of nitrogens with zero attached hydrogens (tertiary/aromatic N) is 4. The van der Waals surface area contributed by atoms with Gasteiger partial charge in [0.25, 0.3) is 0 Å². The summed E-state index contributed by atoms with van der Waals surface area (Å²) < 4.78 is 6.60. The summed E-state index contributed by atoms with van der Waals surface area (Å²) in [5.41, 5.74) is 0. The molecule has 0 aliphatic heterocycles. The Kier molecular flexibility index (Phi) is 1.96. The minimum absolute atomic E-state index is 0.0417. The number of aromatic nitrogens is 4. The Hall–Kier alpha value is -0.970. The van der Waals surface area contributed by atoms with Crippen LogP contribution in [0.5, 0.6) is 0 Å². The van der Waals surface area contributed by atoms with Gasteiger partial charge in [0.05, 0.1) is 0 Å². The fourth-order valence-electron chi connectivity index (χ4n) is 0.686. The van der Waals surface area contributed by atoms with Crippen LogP contribution < -0.4 is 0 Å². The van der Waals surface area contributed by atoms with Crippen molar-refractivity contribution in [2.75, 3.05) is 7.11 Å². The number of tetrazole rings is 1. The molecule has 1 heterocycles. The molecule has 0 radical (unpaired) electrons. The first-order valence-electron chi connectivity index (χ1n) is 3.00. The van der Waals surface area contributed by atoms with Crippen molar-refractivity contribution in [3.05, 3.63) is 5.82 Å². The molecule has 0 fully saturated rings. The van der Waals surface area contributed by atoms with E-state index in [4.69, 9.17) is 4.74 Å². The molecule has 5 heteroatoms. The second-order valence-electron chi connectivity index (χ2n) is 2.04. The summed E-state index contributed by atoms with van der Waals surface area (Å²) >= 11 is 0. The van der Waals surface area contributed by atoms with Crippen LogP contribution in [-0.2, 0) is 11.8 Å². The fraction of sp³-hybridized carbons (Fsp3) is 0.800. The highest BCUT2D eigenvalue weighted by Gasteiger charge is 2.09. The van der Waals surface area contributed by atoms with Crippen molar-refractivity contribution in [1.82, 2.24) is 20.2 Å². The van der Waals surface area contributed by atoms with Gasteiger partial charge in [0.2, 0.25) is 0 Å². The zero-order valence-electron chi connectivity index (χ0n) is 6.27. The van der Waals surface area contributed by atoms with Crippen molar-refractivity contribution in [2.24, 2.45) is 7.05 Å². The molecule has 0 aromatic carbocycles. The normalized spacial score (nSPS) is 13.5. The molecule has 0 N–H and O–H groups in total. The van der Waals surface area contributed by atoms with Crippen LogP contribution in [0.25, 0.3) is 0 Å². The number of ether oxygens (including phenoxy) is 1. The van der Waals surface area contributed by atoms with E-state index < -0.39 is 0 Å². The summed E-state index contributed by atoms with van der Waals surface area (Å²) in [7, 11) is 3.41. The van der Waals surface area contributed by atoms with Crippen molar-refractivity contribution in [1.29, 1.82) is 0 Å². The minimum Gasteiger partial charge on any atom is -0.374 e. The number of methoxy groups -OCH3 is 1. The third-order valence-corrected chi connectivity index (χ3v) is 1.37. The molecule has 0 aliphatic rings. The minimum atomic E-state index is -0.0417. The Labute approximate surface area is 59.0 Å². The van der Waals surface area contributed by atoms with Crippen LogP contribution in [-0.4, -0.2) is 27.3 Å². The summed E-state index contributed by atoms with van der Waals surface area (Å²) in [6.07, 6.45) is -0.0417. The van der Waals surface area contributed by atoms with Crippen LogP contribution in [0.1, 0.15) is 18.9 Å². The van der Waals surface area contributed by atoms with E-state index in [1.807, 2.05) is 6.92 Å². The van der Waals surface area contributed by atoms with Crippen molar-refractivity contribution < 1.29 is 4.74 Å². The maximum atomic E-state index is 5.01. The van der Waals surface area contributed by atoms with E-state index in [1.165, 1.54) is 0 Å². The largest absolute Gasteiger partial charge is 0.374 e. The molecule has 1 unspecified atom stereocenters. The quantitative estimate of drug-likeness (QED) is 0.579. The third-order valence-electron chi connectivity index (χ3n) is 1.37. The van der Waals surface area contributed by atoms with Gasteiger partial charge in [-0.1, -0.05) is 0 Å². The highest BCUT2D eigenvalue weighted by atomic mass is 16.5. The van der Waals surface area contributed by atoms with Gasteiger partial charge < -0.3 is 4.74 Å². The maximum absolute atomic E-state index is 5.01. The van der Waals surface area contributed by atoms with E-state index in [0.717, 1.165) is 5.82 Å². The summed E-state index contributed by atoms with van der Waals surface area (Å²) in [5.74, 6) is 0.738. The Balaban J connectivity index is 2.82. The molecule has 10 heavy (non-hydrogen) atoms. The standard InChI is InChI=1S/C5H10N4O/c1-4(10-3)5-6-7-8-9(5)2/h4H,1-3H3. The number of aryl methyl sites for hydroxylation is 1.